The van der Waals surface area contributed by atoms with Crippen LogP contribution in [0, 0.1) is 0 Å². The molecule has 0 aromatic heterocycles. The summed E-state index contributed by atoms with van der Waals surface area (Å²) in [6.45, 7) is 4.91. The predicted molar refractivity (Wildman–Crippen MR) is 207 cm³/mol. The molecular weight excluding hydrogens is 609 g/mol. The van der Waals surface area contributed by atoms with Crippen LogP contribution in [0.1, 0.15) is 126 Å². The summed E-state index contributed by atoms with van der Waals surface area (Å²) < 4.78 is 19.9. The molecule has 0 spiro atoms. The van der Waals surface area contributed by atoms with E-state index >= 15 is 0 Å². The zero-order valence-electron chi connectivity index (χ0n) is 30.1. The van der Waals surface area contributed by atoms with Gasteiger partial charge in [-0.2, -0.15) is 0 Å². The lowest BCUT2D eigenvalue weighted by Crippen LogP contribution is -2.39. The van der Waals surface area contributed by atoms with E-state index in [9.17, 15) is 0 Å². The molecule has 4 atom stereocenters. The number of hydrogen-bond donors (Lipinski definition) is 0. The van der Waals surface area contributed by atoms with Crippen LogP contribution in [-0.4, -0.2) is 35.6 Å². The summed E-state index contributed by atoms with van der Waals surface area (Å²) in [7, 11) is 0.209. The van der Waals surface area contributed by atoms with Crippen LogP contribution in [0.2, 0.25) is 0 Å². The zero-order valence-corrected chi connectivity index (χ0v) is 30.9. The maximum absolute atomic E-state index is 6.77. The Labute approximate surface area is 296 Å². The lowest BCUT2D eigenvalue weighted by molar-refractivity contribution is -0.0768. The van der Waals surface area contributed by atoms with Gasteiger partial charge in [-0.15, -0.1) is 0 Å². The molecular formula is C44H65O3S+. The quantitative estimate of drug-likeness (QED) is 0.0595. The summed E-state index contributed by atoms with van der Waals surface area (Å²) >= 11 is 0. The van der Waals surface area contributed by atoms with Crippen LogP contribution in [0.3, 0.4) is 0 Å². The zero-order chi connectivity index (χ0) is 33.3. The molecule has 1 saturated heterocycles. The van der Waals surface area contributed by atoms with Crippen molar-refractivity contribution in [1.29, 1.82) is 0 Å². The van der Waals surface area contributed by atoms with Gasteiger partial charge in [0.15, 0.2) is 5.25 Å². The van der Waals surface area contributed by atoms with E-state index in [4.69, 9.17) is 14.2 Å². The van der Waals surface area contributed by atoms with Crippen LogP contribution in [0.5, 0.6) is 0 Å². The minimum atomic E-state index is 0.0362. The molecule has 3 aromatic carbocycles. The fourth-order valence-electron chi connectivity index (χ4n) is 6.89. The van der Waals surface area contributed by atoms with Crippen molar-refractivity contribution in [3.8, 4) is 0 Å². The summed E-state index contributed by atoms with van der Waals surface area (Å²) in [6.07, 6.45) is 22.7. The van der Waals surface area contributed by atoms with Crippen molar-refractivity contribution in [3.63, 3.8) is 0 Å². The number of benzene rings is 3. The van der Waals surface area contributed by atoms with Crippen LogP contribution in [0.4, 0.5) is 0 Å². The molecule has 3 nitrogen and oxygen atoms in total. The van der Waals surface area contributed by atoms with Crippen molar-refractivity contribution in [2.75, 3.05) is 18.1 Å². The second kappa shape index (κ2) is 24.9. The van der Waals surface area contributed by atoms with Crippen molar-refractivity contribution >= 4 is 10.9 Å². The van der Waals surface area contributed by atoms with E-state index in [0.717, 1.165) is 12.4 Å². The first kappa shape index (κ1) is 38.7. The van der Waals surface area contributed by atoms with Gasteiger partial charge in [0.1, 0.15) is 23.7 Å². The standard InChI is InChI=1S/C44H65O3S/c1-2-3-4-5-6-7-8-9-10-11-12-13-14-15-16-26-33-48-38-42(46-35-40-29-22-18-23-30-40)44(47-36-41-31-24-19-25-32-41)43(48)37-45-34-39-27-20-17-21-28-39/h17-25,27-32,42-44H,2-16,26,33-38H2,1H3/q+1/t42-,43-,44+,48?/m1/s1. The van der Waals surface area contributed by atoms with E-state index < -0.39 is 0 Å². The summed E-state index contributed by atoms with van der Waals surface area (Å²) in [5, 5.41) is 0.356. The first-order valence-electron chi connectivity index (χ1n) is 19.4. The van der Waals surface area contributed by atoms with Crippen LogP contribution in [0.15, 0.2) is 91.0 Å². The van der Waals surface area contributed by atoms with Gasteiger partial charge in [-0.25, -0.2) is 0 Å². The Morgan fingerprint density at radius 1 is 0.500 bits per heavy atom. The van der Waals surface area contributed by atoms with E-state index in [0.29, 0.717) is 25.1 Å². The Morgan fingerprint density at radius 2 is 0.917 bits per heavy atom. The number of unbranched alkanes of at least 4 members (excludes halogenated alkanes) is 15. The molecule has 0 N–H and O–H groups in total. The maximum atomic E-state index is 6.77. The normalized spacial score (nSPS) is 19.2. The van der Waals surface area contributed by atoms with Crippen LogP contribution in [0.25, 0.3) is 0 Å². The topological polar surface area (TPSA) is 27.7 Å². The predicted octanol–water partition coefficient (Wildman–Crippen LogP) is 11.6. The molecule has 4 rings (SSSR count). The minimum absolute atomic E-state index is 0.0362. The van der Waals surface area contributed by atoms with Gasteiger partial charge < -0.3 is 14.2 Å². The SMILES string of the molecule is CCCCCCCCCCCCCCCCCC[S+]1C[C@@H](OCc2ccccc2)[C@H](OCc2ccccc2)[C@H]1COCc1ccccc1. The van der Waals surface area contributed by atoms with Gasteiger partial charge in [0.05, 0.1) is 26.4 Å². The Kier molecular flexibility index (Phi) is 20.1. The average molecular weight is 674 g/mol. The molecule has 3 aromatic rings. The van der Waals surface area contributed by atoms with E-state index in [1.54, 1.807) is 0 Å². The molecule has 1 aliphatic rings. The lowest BCUT2D eigenvalue weighted by atomic mass is 10.0. The van der Waals surface area contributed by atoms with Crippen LogP contribution in [-0.2, 0) is 44.9 Å². The van der Waals surface area contributed by atoms with E-state index in [2.05, 4.69) is 97.9 Å². The van der Waals surface area contributed by atoms with Gasteiger partial charge in [-0.1, -0.05) is 188 Å². The summed E-state index contributed by atoms with van der Waals surface area (Å²) in [6, 6.07) is 31.7. The third-order valence-corrected chi connectivity index (χ3v) is 12.6. The number of hydrogen-bond acceptors (Lipinski definition) is 3. The lowest BCUT2D eigenvalue weighted by Gasteiger charge is -2.22. The van der Waals surface area contributed by atoms with Gasteiger partial charge >= 0.3 is 0 Å². The highest BCUT2D eigenvalue weighted by molar-refractivity contribution is 7.97. The average Bonchev–Trinajstić information content (AvgIpc) is 3.46. The Balaban J connectivity index is 1.21. The van der Waals surface area contributed by atoms with Crippen molar-refractivity contribution in [2.45, 2.75) is 147 Å². The van der Waals surface area contributed by atoms with Gasteiger partial charge in [-0.05, 0) is 40.4 Å². The fraction of sp³-hybridized carbons (Fsp3) is 0.591. The van der Waals surface area contributed by atoms with E-state index in [1.165, 1.54) is 125 Å². The van der Waals surface area contributed by atoms with Gasteiger partial charge in [0.25, 0.3) is 0 Å². The third kappa shape index (κ3) is 15.6. The molecule has 0 saturated carbocycles. The van der Waals surface area contributed by atoms with Crippen molar-refractivity contribution in [2.24, 2.45) is 0 Å². The van der Waals surface area contributed by atoms with Crippen LogP contribution >= 0.6 is 0 Å². The van der Waals surface area contributed by atoms with Gasteiger partial charge in [-0.3, -0.25) is 0 Å². The Morgan fingerprint density at radius 3 is 1.40 bits per heavy atom. The van der Waals surface area contributed by atoms with Crippen molar-refractivity contribution in [1.82, 2.24) is 0 Å². The molecule has 1 fully saturated rings. The molecule has 1 unspecified atom stereocenters. The van der Waals surface area contributed by atoms with Crippen molar-refractivity contribution in [3.05, 3.63) is 108 Å². The maximum Gasteiger partial charge on any atom is 0.170 e. The summed E-state index contributed by atoms with van der Waals surface area (Å²) in [5.41, 5.74) is 3.67. The molecule has 4 heteroatoms. The molecule has 48 heavy (non-hydrogen) atoms. The highest BCUT2D eigenvalue weighted by atomic mass is 32.2. The molecule has 0 amide bonds. The highest BCUT2D eigenvalue weighted by Crippen LogP contribution is 2.32. The smallest absolute Gasteiger partial charge is 0.170 e. The van der Waals surface area contributed by atoms with Gasteiger partial charge in [0, 0.05) is 0 Å². The van der Waals surface area contributed by atoms with E-state index in [-0.39, 0.29) is 23.1 Å². The minimum Gasteiger partial charge on any atom is -0.371 e. The van der Waals surface area contributed by atoms with E-state index in [1.807, 2.05) is 0 Å². The van der Waals surface area contributed by atoms with Gasteiger partial charge in [0.2, 0.25) is 0 Å². The number of ether oxygens (including phenoxy) is 3. The molecule has 0 radical (unpaired) electrons. The van der Waals surface area contributed by atoms with Crippen LogP contribution < -0.4 is 0 Å². The second-order valence-corrected chi connectivity index (χ2v) is 16.3. The monoisotopic (exact) mass is 673 g/mol. The molecule has 264 valence electrons. The molecule has 0 aliphatic carbocycles. The first-order chi connectivity index (χ1) is 23.8. The van der Waals surface area contributed by atoms with Crippen molar-refractivity contribution < 1.29 is 14.2 Å². The first-order valence-corrected chi connectivity index (χ1v) is 21.0. The highest BCUT2D eigenvalue weighted by Gasteiger charge is 2.52. The molecule has 1 heterocycles. The molecule has 1 aliphatic heterocycles. The Bertz CT molecular complexity index is 1160. The fourth-order valence-corrected chi connectivity index (χ4v) is 9.81. The summed E-state index contributed by atoms with van der Waals surface area (Å²) in [4.78, 5) is 0. The molecule has 0 bridgehead atoms. The second-order valence-electron chi connectivity index (χ2n) is 13.8. The number of rotatable bonds is 27. The summed E-state index contributed by atoms with van der Waals surface area (Å²) in [5.74, 6) is 2.33. The Hall–Kier alpha value is -2.11. The third-order valence-electron chi connectivity index (χ3n) is 9.79. The largest absolute Gasteiger partial charge is 0.371 e.